The second-order valence-electron chi connectivity index (χ2n) is 5.11. The number of fused-ring (bicyclic) bond motifs is 1. The van der Waals surface area contributed by atoms with Gasteiger partial charge in [0.25, 0.3) is 0 Å². The highest BCUT2D eigenvalue weighted by molar-refractivity contribution is 9.10. The van der Waals surface area contributed by atoms with Crippen LogP contribution in [0.4, 0.5) is 5.69 Å². The zero-order valence-corrected chi connectivity index (χ0v) is 12.2. The molecule has 19 heavy (non-hydrogen) atoms. The Morgan fingerprint density at radius 2 is 1.79 bits per heavy atom. The highest BCUT2D eigenvalue weighted by Crippen LogP contribution is 2.42. The quantitative estimate of drug-likeness (QED) is 0.843. The summed E-state index contributed by atoms with van der Waals surface area (Å²) >= 11 is 3.45. The lowest BCUT2D eigenvalue weighted by molar-refractivity contribution is -0.117. The fraction of sp³-hybridized carbons (Fsp3) is 0.188. The Bertz CT molecular complexity index is 635. The van der Waals surface area contributed by atoms with Crippen LogP contribution in [0.15, 0.2) is 53.0 Å². The number of para-hydroxylation sites is 1. The Morgan fingerprint density at radius 1 is 1.11 bits per heavy atom. The molecule has 1 heterocycles. The number of rotatable bonds is 1. The largest absolute Gasteiger partial charge is 0.326 e. The minimum absolute atomic E-state index is 0.0733. The van der Waals surface area contributed by atoms with E-state index in [0.29, 0.717) is 6.42 Å². The third-order valence-electron chi connectivity index (χ3n) is 3.79. The van der Waals surface area contributed by atoms with Gasteiger partial charge in [-0.2, -0.15) is 0 Å². The number of benzene rings is 2. The molecule has 0 bridgehead atoms. The van der Waals surface area contributed by atoms with Crippen molar-refractivity contribution in [1.29, 1.82) is 0 Å². The lowest BCUT2D eigenvalue weighted by atomic mass is 9.71. The third-order valence-corrected chi connectivity index (χ3v) is 4.32. The molecule has 1 unspecified atom stereocenters. The van der Waals surface area contributed by atoms with E-state index >= 15 is 0 Å². The Morgan fingerprint density at radius 3 is 2.53 bits per heavy atom. The zero-order valence-electron chi connectivity index (χ0n) is 10.6. The zero-order chi connectivity index (χ0) is 13.5. The molecular weight excluding hydrogens is 302 g/mol. The van der Waals surface area contributed by atoms with Crippen LogP contribution in [-0.4, -0.2) is 5.91 Å². The average molecular weight is 316 g/mol. The van der Waals surface area contributed by atoms with E-state index in [2.05, 4.69) is 46.4 Å². The van der Waals surface area contributed by atoms with Gasteiger partial charge in [-0.3, -0.25) is 4.79 Å². The number of halogens is 1. The molecule has 0 fully saturated rings. The van der Waals surface area contributed by atoms with Gasteiger partial charge in [-0.1, -0.05) is 53.2 Å². The van der Waals surface area contributed by atoms with Gasteiger partial charge in [-0.25, -0.2) is 0 Å². The van der Waals surface area contributed by atoms with E-state index in [1.807, 2.05) is 30.3 Å². The molecule has 2 nitrogen and oxygen atoms in total. The average Bonchev–Trinajstić information content (AvgIpc) is 2.39. The van der Waals surface area contributed by atoms with E-state index in [1.54, 1.807) is 0 Å². The van der Waals surface area contributed by atoms with Crippen molar-refractivity contribution in [3.05, 3.63) is 64.1 Å². The van der Waals surface area contributed by atoms with Crippen molar-refractivity contribution in [2.45, 2.75) is 18.8 Å². The van der Waals surface area contributed by atoms with E-state index in [1.165, 1.54) is 5.56 Å². The molecule has 3 heteroatoms. The maximum Gasteiger partial charge on any atom is 0.225 e. The minimum Gasteiger partial charge on any atom is -0.326 e. The Kier molecular flexibility index (Phi) is 2.94. The highest BCUT2D eigenvalue weighted by atomic mass is 79.9. The molecule has 1 amide bonds. The molecule has 2 aromatic rings. The molecule has 3 rings (SSSR count). The van der Waals surface area contributed by atoms with Gasteiger partial charge in [0.15, 0.2) is 0 Å². The Balaban J connectivity index is 2.18. The van der Waals surface area contributed by atoms with Gasteiger partial charge in [0.05, 0.1) is 0 Å². The third kappa shape index (κ3) is 2.08. The molecule has 1 aliphatic rings. The second kappa shape index (κ2) is 4.49. The molecule has 0 aliphatic carbocycles. The number of carbonyl (C=O) groups is 1. The lowest BCUT2D eigenvalue weighted by Gasteiger charge is -2.36. The maximum absolute atomic E-state index is 12.0. The molecule has 96 valence electrons. The van der Waals surface area contributed by atoms with Crippen LogP contribution in [0.1, 0.15) is 24.5 Å². The summed E-state index contributed by atoms with van der Waals surface area (Å²) in [5, 5.41) is 2.95. The molecule has 2 aromatic carbocycles. The molecule has 1 atom stereocenters. The van der Waals surface area contributed by atoms with Crippen molar-refractivity contribution in [2.24, 2.45) is 0 Å². The topological polar surface area (TPSA) is 29.1 Å². The van der Waals surface area contributed by atoms with Crippen molar-refractivity contribution in [3.63, 3.8) is 0 Å². The first-order chi connectivity index (χ1) is 9.09. The van der Waals surface area contributed by atoms with Gasteiger partial charge in [0.1, 0.15) is 0 Å². The predicted octanol–water partition coefficient (Wildman–Crippen LogP) is 4.10. The van der Waals surface area contributed by atoms with Crippen molar-refractivity contribution in [3.8, 4) is 0 Å². The number of hydrogen-bond acceptors (Lipinski definition) is 1. The van der Waals surface area contributed by atoms with Gasteiger partial charge in [-0.15, -0.1) is 0 Å². The van der Waals surface area contributed by atoms with Crippen LogP contribution >= 0.6 is 15.9 Å². The van der Waals surface area contributed by atoms with Crippen molar-refractivity contribution in [1.82, 2.24) is 0 Å². The summed E-state index contributed by atoms with van der Waals surface area (Å²) in [4.78, 5) is 12.0. The van der Waals surface area contributed by atoms with E-state index in [9.17, 15) is 4.79 Å². The first-order valence-corrected chi connectivity index (χ1v) is 7.04. The summed E-state index contributed by atoms with van der Waals surface area (Å²) in [7, 11) is 0. The SMILES string of the molecule is CC1(c2ccc(Br)cc2)CC(=O)Nc2ccccc21. The van der Waals surface area contributed by atoms with Gasteiger partial charge >= 0.3 is 0 Å². The number of anilines is 1. The Hall–Kier alpha value is -1.61. The monoisotopic (exact) mass is 315 g/mol. The number of carbonyl (C=O) groups excluding carboxylic acids is 1. The molecule has 0 aromatic heterocycles. The van der Waals surface area contributed by atoms with Crippen LogP contribution in [0.5, 0.6) is 0 Å². The lowest BCUT2D eigenvalue weighted by Crippen LogP contribution is -2.35. The smallest absolute Gasteiger partial charge is 0.225 e. The number of hydrogen-bond donors (Lipinski definition) is 1. The molecule has 0 spiro atoms. The summed E-state index contributed by atoms with van der Waals surface area (Å²) in [6.45, 7) is 2.13. The minimum atomic E-state index is -0.264. The van der Waals surface area contributed by atoms with Crippen LogP contribution in [0.3, 0.4) is 0 Å². The summed E-state index contributed by atoms with van der Waals surface area (Å²) in [6.07, 6.45) is 0.478. The maximum atomic E-state index is 12.0. The van der Waals surface area contributed by atoms with Crippen LogP contribution < -0.4 is 5.32 Å². The second-order valence-corrected chi connectivity index (χ2v) is 6.03. The van der Waals surface area contributed by atoms with E-state index in [-0.39, 0.29) is 11.3 Å². The van der Waals surface area contributed by atoms with Crippen LogP contribution in [0.2, 0.25) is 0 Å². The van der Waals surface area contributed by atoms with E-state index in [0.717, 1.165) is 15.7 Å². The standard InChI is InChI=1S/C16H14BrNO/c1-16(11-6-8-12(17)9-7-11)10-15(19)18-14-5-3-2-4-13(14)16/h2-9H,10H2,1H3,(H,18,19). The van der Waals surface area contributed by atoms with Crippen LogP contribution in [0.25, 0.3) is 0 Å². The number of nitrogens with one attached hydrogen (secondary N) is 1. The fourth-order valence-electron chi connectivity index (χ4n) is 2.76. The van der Waals surface area contributed by atoms with Crippen LogP contribution in [-0.2, 0) is 10.2 Å². The summed E-state index contributed by atoms with van der Waals surface area (Å²) in [5.74, 6) is 0.0733. The van der Waals surface area contributed by atoms with Crippen molar-refractivity contribution >= 4 is 27.5 Å². The molecular formula is C16H14BrNO. The first kappa shape index (κ1) is 12.4. The van der Waals surface area contributed by atoms with E-state index in [4.69, 9.17) is 0 Å². The number of amides is 1. The fourth-order valence-corrected chi connectivity index (χ4v) is 3.02. The molecule has 1 aliphatic heterocycles. The van der Waals surface area contributed by atoms with Crippen molar-refractivity contribution < 1.29 is 4.79 Å². The summed E-state index contributed by atoms with van der Waals surface area (Å²) < 4.78 is 1.05. The molecule has 0 radical (unpaired) electrons. The van der Waals surface area contributed by atoms with Gasteiger partial charge < -0.3 is 5.32 Å². The normalized spacial score (nSPS) is 21.7. The van der Waals surface area contributed by atoms with Gasteiger partial charge in [-0.05, 0) is 29.3 Å². The predicted molar refractivity (Wildman–Crippen MR) is 80.3 cm³/mol. The van der Waals surface area contributed by atoms with Crippen molar-refractivity contribution in [2.75, 3.05) is 5.32 Å². The first-order valence-electron chi connectivity index (χ1n) is 6.25. The highest BCUT2D eigenvalue weighted by Gasteiger charge is 2.37. The molecule has 0 saturated carbocycles. The van der Waals surface area contributed by atoms with Crippen LogP contribution in [0, 0.1) is 0 Å². The van der Waals surface area contributed by atoms with Gasteiger partial charge in [0.2, 0.25) is 5.91 Å². The molecule has 0 saturated heterocycles. The summed E-state index contributed by atoms with van der Waals surface area (Å²) in [5.41, 5.74) is 3.00. The van der Waals surface area contributed by atoms with E-state index < -0.39 is 0 Å². The van der Waals surface area contributed by atoms with Gasteiger partial charge in [0, 0.05) is 22.0 Å². The Labute approximate surface area is 121 Å². The summed E-state index contributed by atoms with van der Waals surface area (Å²) in [6, 6.07) is 16.2. The molecule has 1 N–H and O–H groups in total.